The topological polar surface area (TPSA) is 147 Å². The molecule has 0 aliphatic carbocycles. The monoisotopic (exact) mass is 511 g/mol. The van der Waals surface area contributed by atoms with Gasteiger partial charge in [0.15, 0.2) is 5.65 Å². The van der Waals surface area contributed by atoms with Crippen LogP contribution in [0.15, 0.2) is 43.2 Å². The Hall–Kier alpha value is -4.08. The summed E-state index contributed by atoms with van der Waals surface area (Å²) in [6.45, 7) is 2.69. The molecule has 1 amide bonds. The van der Waals surface area contributed by atoms with Crippen LogP contribution in [0.25, 0.3) is 17.0 Å². The highest BCUT2D eigenvalue weighted by Crippen LogP contribution is 2.25. The fourth-order valence-corrected chi connectivity index (χ4v) is 3.45. The Morgan fingerprint density at radius 2 is 2.08 bits per heavy atom. The number of anilines is 2. The molecule has 0 aliphatic rings. The number of amides is 1. The van der Waals surface area contributed by atoms with Crippen molar-refractivity contribution in [2.75, 3.05) is 11.9 Å². The molecule has 0 aromatic carbocycles. The summed E-state index contributed by atoms with van der Waals surface area (Å²) in [6, 6.07) is 5.36. The maximum Gasteiger partial charge on any atom is 0.255 e. The van der Waals surface area contributed by atoms with Crippen molar-refractivity contribution in [3.63, 3.8) is 0 Å². The number of halogens is 2. The minimum absolute atomic E-state index is 0.145. The third-order valence-electron chi connectivity index (χ3n) is 5.31. The van der Waals surface area contributed by atoms with Gasteiger partial charge in [0.1, 0.15) is 23.8 Å². The first-order chi connectivity index (χ1) is 17.2. The van der Waals surface area contributed by atoms with E-state index in [1.165, 1.54) is 32.6 Å². The summed E-state index contributed by atoms with van der Waals surface area (Å²) in [7, 11) is 0. The second kappa shape index (κ2) is 10.3. The van der Waals surface area contributed by atoms with Crippen LogP contribution in [0.4, 0.5) is 15.8 Å². The van der Waals surface area contributed by atoms with Crippen molar-refractivity contribution < 1.29 is 14.3 Å². The number of alkyl halides is 1. The van der Waals surface area contributed by atoms with Gasteiger partial charge < -0.3 is 15.7 Å². The lowest BCUT2D eigenvalue weighted by Gasteiger charge is -2.22. The zero-order valence-electron chi connectivity index (χ0n) is 19.5. The average Bonchev–Trinajstić information content (AvgIpc) is 3.46. The van der Waals surface area contributed by atoms with Crippen LogP contribution in [0, 0.1) is 11.3 Å². The molecule has 4 aromatic heterocycles. The van der Waals surface area contributed by atoms with Crippen LogP contribution >= 0.6 is 11.6 Å². The van der Waals surface area contributed by atoms with Crippen molar-refractivity contribution in [1.29, 1.82) is 5.26 Å². The van der Waals surface area contributed by atoms with Crippen molar-refractivity contribution in [3.8, 4) is 11.9 Å². The van der Waals surface area contributed by atoms with Gasteiger partial charge in [0.25, 0.3) is 5.91 Å². The number of carbonyl (C=O) groups excluding carboxylic acids is 1. The van der Waals surface area contributed by atoms with Crippen molar-refractivity contribution in [3.05, 3.63) is 53.8 Å². The maximum atomic E-state index is 14.2. The maximum absolute atomic E-state index is 14.2. The van der Waals surface area contributed by atoms with Crippen LogP contribution in [-0.4, -0.2) is 58.6 Å². The molecule has 0 aliphatic heterocycles. The number of pyridine rings is 2. The number of carbonyl (C=O) groups is 1. The van der Waals surface area contributed by atoms with E-state index < -0.39 is 17.7 Å². The summed E-state index contributed by atoms with van der Waals surface area (Å²) in [5, 5.41) is 28.9. The largest absolute Gasteiger partial charge is 0.387 e. The van der Waals surface area contributed by atoms with E-state index >= 15 is 0 Å². The van der Waals surface area contributed by atoms with Crippen molar-refractivity contribution in [2.24, 2.45) is 0 Å². The number of rotatable bonds is 9. The van der Waals surface area contributed by atoms with Gasteiger partial charge in [-0.25, -0.2) is 19.3 Å². The molecule has 0 fully saturated rings. The fraction of sp³-hybridized carbons (Fsp3) is 0.304. The highest BCUT2D eigenvalue weighted by atomic mass is 35.5. The lowest BCUT2D eigenvalue weighted by atomic mass is 10.0. The van der Waals surface area contributed by atoms with E-state index in [9.17, 15) is 14.3 Å². The van der Waals surface area contributed by atoms with Crippen LogP contribution in [0.1, 0.15) is 30.6 Å². The zero-order chi connectivity index (χ0) is 25.9. The van der Waals surface area contributed by atoms with Crippen molar-refractivity contribution in [2.45, 2.75) is 38.6 Å². The van der Waals surface area contributed by atoms with Gasteiger partial charge in [-0.15, -0.1) is 0 Å². The van der Waals surface area contributed by atoms with Gasteiger partial charge in [-0.05, 0) is 19.9 Å². The van der Waals surface area contributed by atoms with E-state index in [2.05, 4.69) is 36.8 Å². The molecule has 1 unspecified atom stereocenters. The molecule has 4 aromatic rings. The molecule has 1 atom stereocenters. The van der Waals surface area contributed by atoms with E-state index in [1.807, 2.05) is 0 Å². The number of hydrogen-bond acceptors (Lipinski definition) is 8. The second-order valence-corrected chi connectivity index (χ2v) is 8.99. The molecular weight excluding hydrogens is 489 g/mol. The van der Waals surface area contributed by atoms with Gasteiger partial charge in [0.2, 0.25) is 0 Å². The van der Waals surface area contributed by atoms with E-state index in [4.69, 9.17) is 16.9 Å². The van der Waals surface area contributed by atoms with Crippen molar-refractivity contribution in [1.82, 2.24) is 34.6 Å². The molecule has 0 spiro atoms. The van der Waals surface area contributed by atoms with Crippen LogP contribution < -0.4 is 10.6 Å². The summed E-state index contributed by atoms with van der Waals surface area (Å²) in [5.74, 6) is -0.163. The molecule has 186 valence electrons. The summed E-state index contributed by atoms with van der Waals surface area (Å²) < 4.78 is 17.4. The van der Waals surface area contributed by atoms with Crippen LogP contribution in [0.2, 0.25) is 5.02 Å². The summed E-state index contributed by atoms with van der Waals surface area (Å²) in [5.41, 5.74) is 0.565. The molecule has 3 N–H and O–H groups in total. The Balaban J connectivity index is 1.67. The third kappa shape index (κ3) is 5.59. The summed E-state index contributed by atoms with van der Waals surface area (Å²) >= 11 is 6.01. The fourth-order valence-electron chi connectivity index (χ4n) is 3.30. The molecule has 0 saturated heterocycles. The summed E-state index contributed by atoms with van der Waals surface area (Å²) in [6.07, 6.45) is 6.27. The number of nitrogens with one attached hydrogen (secondary N) is 2. The minimum atomic E-state index is -1.67. The molecule has 0 saturated carbocycles. The Morgan fingerprint density at radius 3 is 2.83 bits per heavy atom. The zero-order valence-corrected chi connectivity index (χ0v) is 20.2. The molecule has 13 heteroatoms. The van der Waals surface area contributed by atoms with E-state index in [0.717, 1.165) is 0 Å². The van der Waals surface area contributed by atoms with E-state index in [0.29, 0.717) is 46.3 Å². The van der Waals surface area contributed by atoms with Gasteiger partial charge in [-0.3, -0.25) is 14.0 Å². The first-order valence-corrected chi connectivity index (χ1v) is 11.3. The van der Waals surface area contributed by atoms with Gasteiger partial charge in [0.05, 0.1) is 59.3 Å². The van der Waals surface area contributed by atoms with E-state index in [-0.39, 0.29) is 12.1 Å². The lowest BCUT2D eigenvalue weighted by Crippen LogP contribution is -2.42. The Morgan fingerprint density at radius 1 is 1.28 bits per heavy atom. The predicted molar refractivity (Wildman–Crippen MR) is 131 cm³/mol. The molecule has 4 heterocycles. The number of aryl methyl sites for hydroxylation is 1. The standard InChI is InChI=1S/C23H23ClFN9O2/c1-23(2,36)19(25)11-29-22(35)16-10-27-20(34-13-30-18-6-14(24)8-28-21(18)34)7-17(16)32-15-9-31-33(12-15)5-3-4-26/h6-10,12-13,19,36H,3,5,11H2,1-2H3,(H,27,32)(H,29,35). The first-order valence-electron chi connectivity index (χ1n) is 11.0. The molecular formula is C23H23ClFN9O2. The average molecular weight is 512 g/mol. The van der Waals surface area contributed by atoms with Crippen LogP contribution in [0.3, 0.4) is 0 Å². The Kier molecular flexibility index (Phi) is 7.14. The summed E-state index contributed by atoms with van der Waals surface area (Å²) in [4.78, 5) is 25.9. The number of fused-ring (bicyclic) bond motifs is 1. The number of nitriles is 1. The number of nitrogens with zero attached hydrogens (tertiary/aromatic N) is 7. The van der Waals surface area contributed by atoms with Crippen LogP contribution in [-0.2, 0) is 6.54 Å². The highest BCUT2D eigenvalue weighted by Gasteiger charge is 2.27. The normalized spacial score (nSPS) is 12.3. The van der Waals surface area contributed by atoms with Crippen molar-refractivity contribution >= 4 is 40.0 Å². The van der Waals surface area contributed by atoms with Crippen LogP contribution in [0.5, 0.6) is 0 Å². The first kappa shape index (κ1) is 25.0. The SMILES string of the molecule is CC(C)(O)C(F)CNC(=O)c1cnc(-n2cnc3cc(Cl)cnc32)cc1Nc1cnn(CCC#N)c1. The third-order valence-corrected chi connectivity index (χ3v) is 5.52. The number of hydrogen-bond donors (Lipinski definition) is 3. The Labute approximate surface area is 210 Å². The second-order valence-electron chi connectivity index (χ2n) is 8.56. The predicted octanol–water partition coefficient (Wildman–Crippen LogP) is 3.16. The molecule has 0 bridgehead atoms. The van der Waals surface area contributed by atoms with E-state index in [1.54, 1.807) is 33.8 Å². The van der Waals surface area contributed by atoms with Gasteiger partial charge in [-0.1, -0.05) is 11.6 Å². The lowest BCUT2D eigenvalue weighted by molar-refractivity contribution is -0.00177. The number of imidazole rings is 1. The van der Waals surface area contributed by atoms with Gasteiger partial charge in [-0.2, -0.15) is 10.4 Å². The smallest absolute Gasteiger partial charge is 0.255 e. The number of aliphatic hydroxyl groups is 1. The molecule has 36 heavy (non-hydrogen) atoms. The van der Waals surface area contributed by atoms with Gasteiger partial charge >= 0.3 is 0 Å². The molecule has 4 rings (SSSR count). The van der Waals surface area contributed by atoms with Gasteiger partial charge in [0, 0.05) is 24.7 Å². The molecule has 0 radical (unpaired) electrons. The highest BCUT2D eigenvalue weighted by molar-refractivity contribution is 6.31. The minimum Gasteiger partial charge on any atom is -0.387 e. The Bertz CT molecular complexity index is 1440. The quantitative estimate of drug-likeness (QED) is 0.310. The molecule has 11 nitrogen and oxygen atoms in total. The number of aromatic nitrogens is 6.